The molecule has 24 heavy (non-hydrogen) atoms. The average molecular weight is 349 g/mol. The Kier molecular flexibility index (Phi) is 4.43. The molecule has 3 rings (SSSR count). The van der Waals surface area contributed by atoms with Crippen LogP contribution in [0.4, 0.5) is 0 Å². The van der Waals surface area contributed by atoms with Gasteiger partial charge < -0.3 is 15.5 Å². The first kappa shape index (κ1) is 16.7. The van der Waals surface area contributed by atoms with Crippen molar-refractivity contribution in [1.82, 2.24) is 10.3 Å². The van der Waals surface area contributed by atoms with Gasteiger partial charge in [-0.3, -0.25) is 0 Å². The smallest absolute Gasteiger partial charge is 0.334 e. The van der Waals surface area contributed by atoms with Crippen LogP contribution in [0, 0.1) is 0 Å². The van der Waals surface area contributed by atoms with Crippen LogP contribution in [0.15, 0.2) is 36.1 Å². The molecule has 2 unspecified atom stereocenters. The molecule has 0 aliphatic carbocycles. The van der Waals surface area contributed by atoms with Crippen molar-refractivity contribution in [3.8, 4) is 0 Å². The van der Waals surface area contributed by atoms with Crippen LogP contribution in [0.25, 0.3) is 5.57 Å². The van der Waals surface area contributed by atoms with E-state index in [0.717, 1.165) is 36.5 Å². The van der Waals surface area contributed by atoms with Crippen molar-refractivity contribution < 1.29 is 19.8 Å². The molecule has 2 atom stereocenters. The summed E-state index contributed by atoms with van der Waals surface area (Å²) >= 11 is 5.85. The van der Waals surface area contributed by atoms with Gasteiger partial charge in [0.25, 0.3) is 0 Å². The number of carboxylic acids is 2. The molecule has 1 aromatic rings. The van der Waals surface area contributed by atoms with Crippen LogP contribution in [-0.2, 0) is 9.59 Å². The number of hydrogen-bond acceptors (Lipinski definition) is 4. The van der Waals surface area contributed by atoms with Crippen molar-refractivity contribution in [3.63, 3.8) is 0 Å². The first-order valence-electron chi connectivity index (χ1n) is 7.71. The Morgan fingerprint density at radius 2 is 2.12 bits per heavy atom. The van der Waals surface area contributed by atoms with E-state index in [0.29, 0.717) is 11.6 Å². The molecule has 1 fully saturated rings. The molecule has 1 aromatic heterocycles. The highest BCUT2D eigenvalue weighted by molar-refractivity contribution is 6.29. The second kappa shape index (κ2) is 6.37. The van der Waals surface area contributed by atoms with Crippen molar-refractivity contribution >= 4 is 29.1 Å². The van der Waals surface area contributed by atoms with Crippen molar-refractivity contribution in [1.29, 1.82) is 0 Å². The van der Waals surface area contributed by atoms with Crippen LogP contribution in [-0.4, -0.2) is 38.7 Å². The first-order chi connectivity index (χ1) is 11.4. The van der Waals surface area contributed by atoms with Gasteiger partial charge in [0.15, 0.2) is 0 Å². The number of aliphatic carboxylic acids is 2. The van der Waals surface area contributed by atoms with Crippen molar-refractivity contribution in [2.75, 3.05) is 0 Å². The molecule has 1 saturated heterocycles. The van der Waals surface area contributed by atoms with Crippen LogP contribution in [0.2, 0.25) is 5.15 Å². The van der Waals surface area contributed by atoms with Crippen molar-refractivity contribution in [3.05, 3.63) is 46.8 Å². The Bertz CT molecular complexity index is 741. The number of halogens is 1. The molecule has 7 heteroatoms. The summed E-state index contributed by atoms with van der Waals surface area (Å²) < 4.78 is 0. The number of pyridine rings is 1. The second-order valence-electron chi connectivity index (χ2n) is 6.05. The highest BCUT2D eigenvalue weighted by Crippen LogP contribution is 2.45. The standard InChI is InChI=1S/C17H17ClN2O4/c18-14-5-4-10(9-19-14)12-3-1-2-11-6-7-17(12,20-11)13(16(23)24)8-15(21)22/h3-5,8-9,11,20H,1-2,6-7H2,(H,21,22)(H,23,24)/b13-8-. The second-order valence-corrected chi connectivity index (χ2v) is 6.44. The van der Waals surface area contributed by atoms with E-state index >= 15 is 0 Å². The summed E-state index contributed by atoms with van der Waals surface area (Å²) in [6, 6.07) is 3.59. The van der Waals surface area contributed by atoms with Gasteiger partial charge in [0.05, 0.1) is 11.1 Å². The molecule has 2 aliphatic rings. The molecule has 3 heterocycles. The van der Waals surface area contributed by atoms with E-state index in [1.54, 1.807) is 18.3 Å². The van der Waals surface area contributed by atoms with Gasteiger partial charge in [-0.25, -0.2) is 14.6 Å². The third-order valence-corrected chi connectivity index (χ3v) is 4.86. The number of nitrogens with one attached hydrogen (secondary N) is 1. The zero-order chi connectivity index (χ0) is 17.3. The van der Waals surface area contributed by atoms with Crippen molar-refractivity contribution in [2.45, 2.75) is 37.3 Å². The largest absolute Gasteiger partial charge is 0.478 e. The summed E-state index contributed by atoms with van der Waals surface area (Å²) in [5.41, 5.74) is 0.315. The minimum Gasteiger partial charge on any atom is -0.478 e. The summed E-state index contributed by atoms with van der Waals surface area (Å²) in [5.74, 6) is -2.51. The minimum atomic E-state index is -1.27. The number of rotatable bonds is 4. The van der Waals surface area contributed by atoms with Gasteiger partial charge in [-0.1, -0.05) is 23.7 Å². The van der Waals surface area contributed by atoms with Gasteiger partial charge in [-0.15, -0.1) is 0 Å². The first-order valence-corrected chi connectivity index (χ1v) is 8.09. The van der Waals surface area contributed by atoms with Gasteiger partial charge in [0.1, 0.15) is 5.15 Å². The molecule has 0 amide bonds. The van der Waals surface area contributed by atoms with Crippen LogP contribution in [0.3, 0.4) is 0 Å². The molecule has 0 saturated carbocycles. The normalized spacial score (nSPS) is 26.6. The minimum absolute atomic E-state index is 0.152. The van der Waals surface area contributed by atoms with E-state index in [2.05, 4.69) is 10.3 Å². The lowest BCUT2D eigenvalue weighted by molar-refractivity contribution is -0.135. The number of aromatic nitrogens is 1. The lowest BCUT2D eigenvalue weighted by atomic mass is 9.77. The maximum atomic E-state index is 11.8. The van der Waals surface area contributed by atoms with E-state index < -0.39 is 17.5 Å². The van der Waals surface area contributed by atoms with E-state index in [1.807, 2.05) is 6.08 Å². The Labute approximate surface area is 143 Å². The lowest BCUT2D eigenvalue weighted by Crippen LogP contribution is -2.47. The predicted octanol–water partition coefficient (Wildman–Crippen LogP) is 2.50. The summed E-state index contributed by atoms with van der Waals surface area (Å²) in [7, 11) is 0. The Morgan fingerprint density at radius 1 is 1.33 bits per heavy atom. The third-order valence-electron chi connectivity index (χ3n) is 4.64. The number of carboxylic acid groups (broad SMARTS) is 2. The van der Waals surface area contributed by atoms with E-state index in [9.17, 15) is 14.7 Å². The van der Waals surface area contributed by atoms with Crippen molar-refractivity contribution in [2.24, 2.45) is 0 Å². The fourth-order valence-electron chi connectivity index (χ4n) is 3.66. The van der Waals surface area contributed by atoms with Gasteiger partial charge in [-0.05, 0) is 42.9 Å². The average Bonchev–Trinajstić information content (AvgIpc) is 2.84. The highest BCUT2D eigenvalue weighted by atomic mass is 35.5. The van der Waals surface area contributed by atoms with Gasteiger partial charge in [0.2, 0.25) is 0 Å². The fraction of sp³-hybridized carbons (Fsp3) is 0.353. The maximum Gasteiger partial charge on any atom is 0.334 e. The van der Waals surface area contributed by atoms with Gasteiger partial charge in [0, 0.05) is 18.3 Å². The molecule has 0 aromatic carbocycles. The highest BCUT2D eigenvalue weighted by Gasteiger charge is 2.48. The molecular weight excluding hydrogens is 332 g/mol. The van der Waals surface area contributed by atoms with Crippen LogP contribution in [0.1, 0.15) is 31.2 Å². The summed E-state index contributed by atoms with van der Waals surface area (Å²) in [6.07, 6.45) is 7.36. The molecule has 6 nitrogen and oxygen atoms in total. The molecule has 2 aliphatic heterocycles. The summed E-state index contributed by atoms with van der Waals surface area (Å²) in [6.45, 7) is 0. The quantitative estimate of drug-likeness (QED) is 0.571. The number of nitrogens with zero attached hydrogens (tertiary/aromatic N) is 1. The topological polar surface area (TPSA) is 99.5 Å². The van der Waals surface area contributed by atoms with Crippen LogP contribution in [0.5, 0.6) is 0 Å². The predicted molar refractivity (Wildman–Crippen MR) is 88.7 cm³/mol. The SMILES string of the molecule is O=C(O)/C=C(/C(=O)O)C12CCC(CCC=C1c1ccc(Cl)nc1)N2. The molecule has 3 N–H and O–H groups in total. The monoisotopic (exact) mass is 348 g/mol. The zero-order valence-electron chi connectivity index (χ0n) is 12.8. The van der Waals surface area contributed by atoms with Gasteiger partial charge in [-0.2, -0.15) is 0 Å². The van der Waals surface area contributed by atoms with Crippen LogP contribution >= 0.6 is 11.6 Å². The molecular formula is C17H17ClN2O4. The Hall–Kier alpha value is -2.18. The van der Waals surface area contributed by atoms with Crippen LogP contribution < -0.4 is 5.32 Å². The Balaban J connectivity index is 2.17. The summed E-state index contributed by atoms with van der Waals surface area (Å²) in [5, 5.41) is 22.5. The lowest BCUT2D eigenvalue weighted by Gasteiger charge is -2.33. The molecule has 0 radical (unpaired) electrons. The third kappa shape index (κ3) is 2.95. The number of carbonyl (C=O) groups is 2. The number of fused-ring (bicyclic) bond motifs is 2. The van der Waals surface area contributed by atoms with E-state index in [1.165, 1.54) is 0 Å². The zero-order valence-corrected chi connectivity index (χ0v) is 13.6. The fourth-order valence-corrected chi connectivity index (χ4v) is 3.78. The Morgan fingerprint density at radius 3 is 2.75 bits per heavy atom. The maximum absolute atomic E-state index is 11.8. The molecule has 0 spiro atoms. The van der Waals surface area contributed by atoms with E-state index in [4.69, 9.17) is 16.7 Å². The van der Waals surface area contributed by atoms with E-state index in [-0.39, 0.29) is 11.6 Å². The number of hydrogen-bond donors (Lipinski definition) is 3. The van der Waals surface area contributed by atoms with Gasteiger partial charge >= 0.3 is 11.9 Å². The molecule has 2 bridgehead atoms. The molecule has 126 valence electrons. The number of allylic oxidation sites excluding steroid dienone is 1. The summed E-state index contributed by atoms with van der Waals surface area (Å²) in [4.78, 5) is 27.1.